The average Bonchev–Trinajstić information content (AvgIpc) is 2.85. The molecule has 0 bridgehead atoms. The van der Waals surface area contributed by atoms with Crippen molar-refractivity contribution in [2.24, 2.45) is 5.92 Å². The van der Waals surface area contributed by atoms with Crippen LogP contribution in [0.2, 0.25) is 0 Å². The van der Waals surface area contributed by atoms with E-state index < -0.39 is 0 Å². The van der Waals surface area contributed by atoms with Crippen molar-refractivity contribution in [1.82, 2.24) is 15.3 Å². The van der Waals surface area contributed by atoms with Gasteiger partial charge in [-0.25, -0.2) is 4.98 Å². The number of aromatic amines is 1. The summed E-state index contributed by atoms with van der Waals surface area (Å²) in [5.74, 6) is 1.82. The standard InChI is InChI=1S/C16H25N3/c1-4-12(3)10-13(5-2)17-11-16-18-14-8-6-7-9-15(14)19-16/h6-9,12-13,17H,4-5,10-11H2,1-3H3,(H,18,19). The summed E-state index contributed by atoms with van der Waals surface area (Å²) in [5.41, 5.74) is 2.17. The Morgan fingerprint density at radius 1 is 1.21 bits per heavy atom. The summed E-state index contributed by atoms with van der Waals surface area (Å²) in [5, 5.41) is 3.62. The third-order valence-electron chi connectivity index (χ3n) is 3.87. The molecule has 0 radical (unpaired) electrons. The van der Waals surface area contributed by atoms with Crippen LogP contribution in [0.4, 0.5) is 0 Å². The number of imidazole rings is 1. The zero-order valence-corrected chi connectivity index (χ0v) is 12.2. The minimum Gasteiger partial charge on any atom is -0.341 e. The lowest BCUT2D eigenvalue weighted by Gasteiger charge is -2.19. The summed E-state index contributed by atoms with van der Waals surface area (Å²) in [6.45, 7) is 7.66. The van der Waals surface area contributed by atoms with Gasteiger partial charge in [-0.15, -0.1) is 0 Å². The Morgan fingerprint density at radius 3 is 2.68 bits per heavy atom. The third-order valence-corrected chi connectivity index (χ3v) is 3.87. The van der Waals surface area contributed by atoms with E-state index in [1.807, 2.05) is 18.2 Å². The van der Waals surface area contributed by atoms with Crippen LogP contribution >= 0.6 is 0 Å². The van der Waals surface area contributed by atoms with Crippen molar-refractivity contribution in [1.29, 1.82) is 0 Å². The second-order valence-corrected chi connectivity index (χ2v) is 5.44. The van der Waals surface area contributed by atoms with Crippen molar-refractivity contribution >= 4 is 11.0 Å². The van der Waals surface area contributed by atoms with Crippen molar-refractivity contribution in [3.63, 3.8) is 0 Å². The zero-order valence-electron chi connectivity index (χ0n) is 12.2. The zero-order chi connectivity index (χ0) is 13.7. The quantitative estimate of drug-likeness (QED) is 0.792. The van der Waals surface area contributed by atoms with Gasteiger partial charge >= 0.3 is 0 Å². The Hall–Kier alpha value is -1.35. The number of para-hydroxylation sites is 2. The van der Waals surface area contributed by atoms with Gasteiger partial charge in [-0.1, -0.05) is 39.3 Å². The summed E-state index contributed by atoms with van der Waals surface area (Å²) in [6, 6.07) is 8.77. The van der Waals surface area contributed by atoms with Gasteiger partial charge in [0.05, 0.1) is 17.6 Å². The predicted molar refractivity (Wildman–Crippen MR) is 81.1 cm³/mol. The number of H-pyrrole nitrogens is 1. The summed E-state index contributed by atoms with van der Waals surface area (Å²) >= 11 is 0. The van der Waals surface area contributed by atoms with E-state index in [1.54, 1.807) is 0 Å². The SMILES string of the molecule is CCC(C)CC(CC)NCc1nc2ccccc2[nH]1. The van der Waals surface area contributed by atoms with Crippen LogP contribution in [0.15, 0.2) is 24.3 Å². The molecule has 0 spiro atoms. The number of fused-ring (bicyclic) bond motifs is 1. The maximum absolute atomic E-state index is 4.60. The van der Waals surface area contributed by atoms with Gasteiger partial charge in [0.25, 0.3) is 0 Å². The first-order valence-corrected chi connectivity index (χ1v) is 7.39. The van der Waals surface area contributed by atoms with Gasteiger partial charge in [0, 0.05) is 6.04 Å². The number of nitrogens with zero attached hydrogens (tertiary/aromatic N) is 1. The highest BCUT2D eigenvalue weighted by Gasteiger charge is 2.10. The molecule has 0 fully saturated rings. The lowest BCUT2D eigenvalue weighted by molar-refractivity contribution is 0.381. The molecule has 0 aliphatic carbocycles. The van der Waals surface area contributed by atoms with Crippen LogP contribution < -0.4 is 5.32 Å². The van der Waals surface area contributed by atoms with Crippen LogP contribution in [-0.2, 0) is 6.54 Å². The van der Waals surface area contributed by atoms with Crippen LogP contribution in [0.25, 0.3) is 11.0 Å². The van der Waals surface area contributed by atoms with Crippen molar-refractivity contribution in [2.75, 3.05) is 0 Å². The Bertz CT molecular complexity index is 470. The third kappa shape index (κ3) is 3.80. The molecule has 0 saturated heterocycles. The van der Waals surface area contributed by atoms with E-state index in [2.05, 4.69) is 42.1 Å². The molecule has 0 aliphatic rings. The van der Waals surface area contributed by atoms with E-state index in [0.29, 0.717) is 6.04 Å². The van der Waals surface area contributed by atoms with E-state index >= 15 is 0 Å². The summed E-state index contributed by atoms with van der Waals surface area (Å²) in [6.07, 6.45) is 3.67. The van der Waals surface area contributed by atoms with Crippen LogP contribution in [0, 0.1) is 5.92 Å². The van der Waals surface area contributed by atoms with Crippen molar-refractivity contribution in [3.05, 3.63) is 30.1 Å². The average molecular weight is 259 g/mol. The van der Waals surface area contributed by atoms with E-state index in [0.717, 1.165) is 29.3 Å². The highest BCUT2D eigenvalue weighted by atomic mass is 15.0. The van der Waals surface area contributed by atoms with Crippen LogP contribution in [-0.4, -0.2) is 16.0 Å². The molecule has 2 unspecified atom stereocenters. The number of rotatable bonds is 7. The molecule has 2 aromatic rings. The fraction of sp³-hybridized carbons (Fsp3) is 0.562. The fourth-order valence-corrected chi connectivity index (χ4v) is 2.38. The van der Waals surface area contributed by atoms with Gasteiger partial charge in [0.1, 0.15) is 5.82 Å². The smallest absolute Gasteiger partial charge is 0.121 e. The highest BCUT2D eigenvalue weighted by Crippen LogP contribution is 2.13. The van der Waals surface area contributed by atoms with E-state index in [4.69, 9.17) is 0 Å². The van der Waals surface area contributed by atoms with Gasteiger partial charge < -0.3 is 10.3 Å². The van der Waals surface area contributed by atoms with E-state index in [-0.39, 0.29) is 0 Å². The van der Waals surface area contributed by atoms with Crippen LogP contribution in [0.3, 0.4) is 0 Å². The Balaban J connectivity index is 1.93. The maximum Gasteiger partial charge on any atom is 0.121 e. The molecule has 1 heterocycles. The first kappa shape index (κ1) is 14.1. The van der Waals surface area contributed by atoms with Crippen molar-refractivity contribution in [3.8, 4) is 0 Å². The lowest BCUT2D eigenvalue weighted by atomic mass is 9.98. The normalized spacial score (nSPS) is 14.7. The van der Waals surface area contributed by atoms with Gasteiger partial charge in [-0.3, -0.25) is 0 Å². The van der Waals surface area contributed by atoms with Gasteiger partial charge in [0.15, 0.2) is 0 Å². The second-order valence-electron chi connectivity index (χ2n) is 5.44. The second kappa shape index (κ2) is 6.71. The molecule has 2 rings (SSSR count). The minimum atomic E-state index is 0.586. The first-order chi connectivity index (χ1) is 9.22. The fourth-order valence-electron chi connectivity index (χ4n) is 2.38. The number of benzene rings is 1. The molecule has 0 amide bonds. The molecule has 3 heteroatoms. The molecule has 3 nitrogen and oxygen atoms in total. The monoisotopic (exact) mass is 259 g/mol. The summed E-state index contributed by atoms with van der Waals surface area (Å²) in [4.78, 5) is 7.97. The molecule has 0 aliphatic heterocycles. The molecule has 1 aromatic heterocycles. The molecule has 19 heavy (non-hydrogen) atoms. The lowest BCUT2D eigenvalue weighted by Crippen LogP contribution is -2.30. The summed E-state index contributed by atoms with van der Waals surface area (Å²) < 4.78 is 0. The van der Waals surface area contributed by atoms with E-state index in [9.17, 15) is 0 Å². The molecule has 1 aromatic carbocycles. The Morgan fingerprint density at radius 2 is 2.00 bits per heavy atom. The maximum atomic E-state index is 4.60. The molecule has 0 saturated carbocycles. The molecule has 2 N–H and O–H groups in total. The molecular weight excluding hydrogens is 234 g/mol. The highest BCUT2D eigenvalue weighted by molar-refractivity contribution is 5.74. The minimum absolute atomic E-state index is 0.586. The molecular formula is C16H25N3. The van der Waals surface area contributed by atoms with Crippen LogP contribution in [0.1, 0.15) is 45.9 Å². The number of nitrogens with one attached hydrogen (secondary N) is 2. The number of hydrogen-bond acceptors (Lipinski definition) is 2. The molecule has 104 valence electrons. The largest absolute Gasteiger partial charge is 0.341 e. The Labute approximate surface area is 115 Å². The van der Waals surface area contributed by atoms with Gasteiger partial charge in [-0.05, 0) is 30.9 Å². The number of hydrogen-bond donors (Lipinski definition) is 2. The van der Waals surface area contributed by atoms with Crippen molar-refractivity contribution in [2.45, 2.75) is 52.6 Å². The molecule has 2 atom stereocenters. The predicted octanol–water partition coefficient (Wildman–Crippen LogP) is 3.87. The topological polar surface area (TPSA) is 40.7 Å². The van der Waals surface area contributed by atoms with Crippen LogP contribution in [0.5, 0.6) is 0 Å². The van der Waals surface area contributed by atoms with Gasteiger partial charge in [0.2, 0.25) is 0 Å². The van der Waals surface area contributed by atoms with Gasteiger partial charge in [-0.2, -0.15) is 0 Å². The first-order valence-electron chi connectivity index (χ1n) is 7.39. The Kier molecular flexibility index (Phi) is 4.97. The van der Waals surface area contributed by atoms with E-state index in [1.165, 1.54) is 19.3 Å². The van der Waals surface area contributed by atoms with Crippen molar-refractivity contribution < 1.29 is 0 Å². The summed E-state index contributed by atoms with van der Waals surface area (Å²) in [7, 11) is 0. The number of aromatic nitrogens is 2.